The first-order valence-corrected chi connectivity index (χ1v) is 17.5. The highest BCUT2D eigenvalue weighted by molar-refractivity contribution is 5.87. The number of benzene rings is 2. The summed E-state index contributed by atoms with van der Waals surface area (Å²) in [5.41, 5.74) is 3.11. The van der Waals surface area contributed by atoms with Crippen molar-refractivity contribution in [2.24, 2.45) is 10.8 Å². The summed E-state index contributed by atoms with van der Waals surface area (Å²) in [5, 5.41) is 19.9. The number of amides is 4. The molecule has 3 rings (SSSR count). The Hall–Kier alpha value is -4.97. The molecule has 3 aromatic rings. The van der Waals surface area contributed by atoms with E-state index in [0.717, 1.165) is 27.9 Å². The van der Waals surface area contributed by atoms with E-state index in [-0.39, 0.29) is 19.5 Å². The van der Waals surface area contributed by atoms with Gasteiger partial charge < -0.3 is 30.5 Å². The number of methoxy groups -OCH3 is 2. The van der Waals surface area contributed by atoms with Crippen molar-refractivity contribution in [2.45, 2.75) is 92.1 Å². The smallest absolute Gasteiger partial charge is 0.410 e. The molecule has 0 spiro atoms. The molecule has 52 heavy (non-hydrogen) atoms. The van der Waals surface area contributed by atoms with Gasteiger partial charge in [-0.2, -0.15) is 0 Å². The Bertz CT molecular complexity index is 1620. The number of carbonyl (C=O) groups excluding carboxylic acids is 4. The lowest BCUT2D eigenvalue weighted by molar-refractivity contribution is -0.131. The Morgan fingerprint density at radius 3 is 2.00 bits per heavy atom. The first-order valence-electron chi connectivity index (χ1n) is 17.5. The van der Waals surface area contributed by atoms with Crippen LogP contribution in [0.5, 0.6) is 0 Å². The molecule has 0 aliphatic rings. The lowest BCUT2D eigenvalue weighted by Gasteiger charge is -2.39. The maximum Gasteiger partial charge on any atom is 0.410 e. The maximum atomic E-state index is 14.3. The van der Waals surface area contributed by atoms with E-state index in [2.05, 4.69) is 25.7 Å². The van der Waals surface area contributed by atoms with E-state index in [9.17, 15) is 24.3 Å². The lowest BCUT2D eigenvalue weighted by Crippen LogP contribution is -2.59. The Balaban J connectivity index is 1.83. The number of carbonyl (C=O) groups is 4. The minimum Gasteiger partial charge on any atom is -0.453 e. The van der Waals surface area contributed by atoms with E-state index < -0.39 is 59.1 Å². The third-order valence-electron chi connectivity index (χ3n) is 8.71. The van der Waals surface area contributed by atoms with Crippen molar-refractivity contribution in [3.8, 4) is 11.3 Å². The van der Waals surface area contributed by atoms with Gasteiger partial charge in [-0.1, -0.05) is 102 Å². The van der Waals surface area contributed by atoms with Crippen LogP contribution in [-0.4, -0.2) is 84.0 Å². The molecule has 1 heterocycles. The third kappa shape index (κ3) is 12.1. The van der Waals surface area contributed by atoms with Gasteiger partial charge in [-0.3, -0.25) is 19.5 Å². The standard InChI is InChI=1S/C40H55N5O7/c1-26-15-20-30(42-24-26)29-18-16-28(17-19-29)25-45(38(50)52-9)34(40(5,6)7)36(48)43-31(23-27-13-11-10-12-14-27)32(46)21-22-41-35(47)33(39(2,3)4)44-37(49)51-8/h10-20,24,31-34,46H,21-23,25H2,1-9H3,(H,41,47)(H,43,48)(H,44,49). The fourth-order valence-electron chi connectivity index (χ4n) is 5.91. The van der Waals surface area contributed by atoms with Crippen LogP contribution in [0.1, 0.15) is 64.7 Å². The molecule has 4 N–H and O–H groups in total. The van der Waals surface area contributed by atoms with Gasteiger partial charge >= 0.3 is 12.2 Å². The quantitative estimate of drug-likeness (QED) is 0.173. The number of pyridine rings is 1. The van der Waals surface area contributed by atoms with Crippen molar-refractivity contribution in [2.75, 3.05) is 20.8 Å². The number of aliphatic hydroxyl groups excluding tert-OH is 1. The number of nitrogens with one attached hydrogen (secondary N) is 3. The Kier molecular flexibility index (Phi) is 14.7. The molecule has 0 saturated carbocycles. The van der Waals surface area contributed by atoms with E-state index in [1.54, 1.807) is 6.20 Å². The highest BCUT2D eigenvalue weighted by Gasteiger charge is 2.41. The average molecular weight is 718 g/mol. The van der Waals surface area contributed by atoms with Gasteiger partial charge in [-0.25, -0.2) is 9.59 Å². The van der Waals surface area contributed by atoms with Crippen LogP contribution in [0, 0.1) is 17.8 Å². The van der Waals surface area contributed by atoms with Gasteiger partial charge in [0.25, 0.3) is 0 Å². The number of hydrogen-bond donors (Lipinski definition) is 4. The number of ether oxygens (including phenoxy) is 2. The van der Waals surface area contributed by atoms with Crippen molar-refractivity contribution in [1.29, 1.82) is 0 Å². The Morgan fingerprint density at radius 2 is 1.46 bits per heavy atom. The fourth-order valence-corrected chi connectivity index (χ4v) is 5.91. The highest BCUT2D eigenvalue weighted by atomic mass is 16.5. The SMILES string of the molecule is COC(=O)NC(C(=O)NCCC(O)C(Cc1ccccc1)NC(=O)C(N(Cc1ccc(-c2ccc(C)cn2)cc1)C(=O)OC)C(C)(C)C)C(C)(C)C. The number of aromatic nitrogens is 1. The van der Waals surface area contributed by atoms with Crippen LogP contribution >= 0.6 is 0 Å². The summed E-state index contributed by atoms with van der Waals surface area (Å²) >= 11 is 0. The molecule has 0 aliphatic carbocycles. The number of aryl methyl sites for hydroxylation is 1. The second-order valence-electron chi connectivity index (χ2n) is 15.2. The summed E-state index contributed by atoms with van der Waals surface area (Å²) in [6.45, 7) is 13.2. The number of rotatable bonds is 14. The van der Waals surface area contributed by atoms with E-state index in [0.29, 0.717) is 6.42 Å². The maximum absolute atomic E-state index is 14.3. The summed E-state index contributed by atoms with van der Waals surface area (Å²) in [6, 6.07) is 18.4. The molecule has 4 unspecified atom stereocenters. The number of alkyl carbamates (subject to hydrolysis) is 1. The molecule has 4 atom stereocenters. The summed E-state index contributed by atoms with van der Waals surface area (Å²) in [5.74, 6) is -0.893. The molecular formula is C40H55N5O7. The summed E-state index contributed by atoms with van der Waals surface area (Å²) in [7, 11) is 2.50. The Morgan fingerprint density at radius 1 is 0.808 bits per heavy atom. The van der Waals surface area contributed by atoms with Crippen LogP contribution in [0.2, 0.25) is 0 Å². The average Bonchev–Trinajstić information content (AvgIpc) is 3.09. The molecule has 0 radical (unpaired) electrons. The van der Waals surface area contributed by atoms with Crippen LogP contribution in [0.3, 0.4) is 0 Å². The molecule has 282 valence electrons. The van der Waals surface area contributed by atoms with Crippen LogP contribution in [0.4, 0.5) is 9.59 Å². The molecule has 0 fully saturated rings. The first kappa shape index (κ1) is 41.5. The van der Waals surface area contributed by atoms with Crippen LogP contribution in [0.25, 0.3) is 11.3 Å². The zero-order valence-electron chi connectivity index (χ0n) is 31.9. The van der Waals surface area contributed by atoms with Crippen molar-refractivity contribution < 1.29 is 33.8 Å². The van der Waals surface area contributed by atoms with Gasteiger partial charge in [-0.15, -0.1) is 0 Å². The second kappa shape index (κ2) is 18.5. The Labute approximate surface area is 307 Å². The van der Waals surface area contributed by atoms with Crippen LogP contribution in [0.15, 0.2) is 72.9 Å². The van der Waals surface area contributed by atoms with E-state index in [4.69, 9.17) is 4.74 Å². The van der Waals surface area contributed by atoms with Crippen molar-refractivity contribution in [3.05, 3.63) is 89.6 Å². The van der Waals surface area contributed by atoms with Gasteiger partial charge in [-0.05, 0) is 53.4 Å². The topological polar surface area (TPSA) is 159 Å². The molecule has 1 aromatic heterocycles. The van der Waals surface area contributed by atoms with Crippen molar-refractivity contribution in [1.82, 2.24) is 25.8 Å². The lowest BCUT2D eigenvalue weighted by atomic mass is 9.84. The normalized spacial score (nSPS) is 13.9. The molecule has 12 heteroatoms. The number of nitrogens with zero attached hydrogens (tertiary/aromatic N) is 2. The van der Waals surface area contributed by atoms with Crippen LogP contribution < -0.4 is 16.0 Å². The molecule has 0 saturated heterocycles. The minimum atomic E-state index is -1.08. The molecular weight excluding hydrogens is 662 g/mol. The monoisotopic (exact) mass is 717 g/mol. The molecule has 12 nitrogen and oxygen atoms in total. The second-order valence-corrected chi connectivity index (χ2v) is 15.2. The van der Waals surface area contributed by atoms with Crippen LogP contribution in [-0.2, 0) is 32.0 Å². The van der Waals surface area contributed by atoms with Gasteiger partial charge in [0, 0.05) is 24.8 Å². The number of aliphatic hydroxyl groups is 1. The van der Waals surface area contributed by atoms with Gasteiger partial charge in [0.2, 0.25) is 11.8 Å². The summed E-state index contributed by atoms with van der Waals surface area (Å²) in [6.07, 6.45) is -0.286. The fraction of sp³-hybridized carbons (Fsp3) is 0.475. The zero-order chi connectivity index (χ0) is 38.6. The third-order valence-corrected chi connectivity index (χ3v) is 8.71. The van der Waals surface area contributed by atoms with E-state index in [1.807, 2.05) is 115 Å². The van der Waals surface area contributed by atoms with Gasteiger partial charge in [0.05, 0.1) is 32.1 Å². The minimum absolute atomic E-state index is 0.0711. The van der Waals surface area contributed by atoms with Gasteiger partial charge in [0.1, 0.15) is 12.1 Å². The predicted octanol–water partition coefficient (Wildman–Crippen LogP) is 5.41. The largest absolute Gasteiger partial charge is 0.453 e. The molecule has 0 bridgehead atoms. The molecule has 2 aromatic carbocycles. The first-order chi connectivity index (χ1) is 24.4. The highest BCUT2D eigenvalue weighted by Crippen LogP contribution is 2.28. The zero-order valence-corrected chi connectivity index (χ0v) is 31.9. The predicted molar refractivity (Wildman–Crippen MR) is 200 cm³/mol. The molecule has 4 amide bonds. The van der Waals surface area contributed by atoms with Crippen molar-refractivity contribution >= 4 is 24.0 Å². The van der Waals surface area contributed by atoms with E-state index >= 15 is 0 Å². The summed E-state index contributed by atoms with van der Waals surface area (Å²) in [4.78, 5) is 58.6. The molecule has 0 aliphatic heterocycles. The summed E-state index contributed by atoms with van der Waals surface area (Å²) < 4.78 is 9.87. The number of hydrogen-bond acceptors (Lipinski definition) is 8. The van der Waals surface area contributed by atoms with Gasteiger partial charge in [0.15, 0.2) is 0 Å². The van der Waals surface area contributed by atoms with Crippen molar-refractivity contribution in [3.63, 3.8) is 0 Å². The van der Waals surface area contributed by atoms with E-state index in [1.165, 1.54) is 19.1 Å².